The third-order valence-electron chi connectivity index (χ3n) is 5.07. The molecule has 0 amide bonds. The summed E-state index contributed by atoms with van der Waals surface area (Å²) < 4.78 is 27.3. The van der Waals surface area contributed by atoms with Gasteiger partial charge in [0, 0.05) is 42.8 Å². The molecule has 0 N–H and O–H groups in total. The highest BCUT2D eigenvalue weighted by Gasteiger charge is 2.29. The second kappa shape index (κ2) is 8.10. The minimum Gasteiger partial charge on any atom is -0.354 e. The van der Waals surface area contributed by atoms with E-state index in [1.807, 2.05) is 24.3 Å². The summed E-state index contributed by atoms with van der Waals surface area (Å²) in [5, 5.41) is 0.412. The monoisotopic (exact) mass is 428 g/mol. The Morgan fingerprint density at radius 2 is 1.69 bits per heavy atom. The first kappa shape index (κ1) is 19.8. The fourth-order valence-corrected chi connectivity index (χ4v) is 5.19. The van der Waals surface area contributed by atoms with Gasteiger partial charge in [-0.15, -0.1) is 0 Å². The molecule has 150 valence electrons. The summed E-state index contributed by atoms with van der Waals surface area (Å²) in [4.78, 5) is 11.1. The molecule has 2 heterocycles. The summed E-state index contributed by atoms with van der Waals surface area (Å²) in [5.41, 5.74) is 3.08. The smallest absolute Gasteiger partial charge is 0.243 e. The van der Waals surface area contributed by atoms with Crippen molar-refractivity contribution in [2.45, 2.75) is 11.8 Å². The molecule has 29 heavy (non-hydrogen) atoms. The highest BCUT2D eigenvalue weighted by Crippen LogP contribution is 2.26. The molecule has 1 aliphatic rings. The van der Waals surface area contributed by atoms with E-state index in [1.165, 1.54) is 10.4 Å². The summed E-state index contributed by atoms with van der Waals surface area (Å²) >= 11 is 5.96. The largest absolute Gasteiger partial charge is 0.354 e. The number of nitrogens with zero attached hydrogens (tertiary/aromatic N) is 4. The minimum atomic E-state index is -3.56. The van der Waals surface area contributed by atoms with Crippen molar-refractivity contribution in [3.63, 3.8) is 0 Å². The second-order valence-electron chi connectivity index (χ2n) is 6.92. The van der Waals surface area contributed by atoms with E-state index in [9.17, 15) is 8.42 Å². The molecule has 0 radical (unpaired) electrons. The molecule has 0 unspecified atom stereocenters. The van der Waals surface area contributed by atoms with Crippen LogP contribution in [0.5, 0.6) is 0 Å². The number of benzene rings is 2. The van der Waals surface area contributed by atoms with E-state index < -0.39 is 10.0 Å². The number of halogens is 1. The fraction of sp³-hybridized carbons (Fsp3) is 0.238. The van der Waals surface area contributed by atoms with Crippen LogP contribution in [0, 0.1) is 6.92 Å². The van der Waals surface area contributed by atoms with Crippen LogP contribution < -0.4 is 4.90 Å². The molecule has 1 aromatic heterocycles. The number of piperazine rings is 1. The lowest BCUT2D eigenvalue weighted by molar-refractivity contribution is 0.384. The van der Waals surface area contributed by atoms with Gasteiger partial charge in [-0.2, -0.15) is 4.31 Å². The zero-order valence-electron chi connectivity index (χ0n) is 16.0. The molecule has 1 aliphatic heterocycles. The molecule has 2 aromatic carbocycles. The van der Waals surface area contributed by atoms with Crippen molar-refractivity contribution in [1.29, 1.82) is 0 Å². The number of aromatic nitrogens is 2. The van der Waals surface area contributed by atoms with Crippen molar-refractivity contribution in [3.05, 3.63) is 71.5 Å². The second-order valence-corrected chi connectivity index (χ2v) is 9.30. The van der Waals surface area contributed by atoms with E-state index in [4.69, 9.17) is 11.6 Å². The Bertz CT molecular complexity index is 1130. The van der Waals surface area contributed by atoms with Crippen LogP contribution in [0.1, 0.15) is 5.56 Å². The highest BCUT2D eigenvalue weighted by molar-refractivity contribution is 7.89. The molecule has 0 atom stereocenters. The van der Waals surface area contributed by atoms with Crippen molar-refractivity contribution < 1.29 is 8.42 Å². The SMILES string of the molecule is Cc1ccccc1-c1cc(N2CCN(S(=O)(=O)c3cccc(Cl)c3)CC2)ncn1. The van der Waals surface area contributed by atoms with Crippen LogP contribution in [0.25, 0.3) is 11.3 Å². The number of rotatable bonds is 4. The summed E-state index contributed by atoms with van der Waals surface area (Å²) in [6, 6.07) is 16.4. The number of sulfonamides is 1. The minimum absolute atomic E-state index is 0.224. The van der Waals surface area contributed by atoms with E-state index in [1.54, 1.807) is 24.5 Å². The lowest BCUT2D eigenvalue weighted by atomic mass is 10.1. The quantitative estimate of drug-likeness (QED) is 0.635. The van der Waals surface area contributed by atoms with Gasteiger partial charge in [-0.25, -0.2) is 18.4 Å². The first-order valence-corrected chi connectivity index (χ1v) is 11.2. The molecule has 3 aromatic rings. The van der Waals surface area contributed by atoms with E-state index in [0.717, 1.165) is 22.6 Å². The predicted octanol–water partition coefficient (Wildman–Crippen LogP) is 3.62. The Balaban J connectivity index is 1.50. The van der Waals surface area contributed by atoms with Gasteiger partial charge < -0.3 is 4.90 Å². The van der Waals surface area contributed by atoms with E-state index in [2.05, 4.69) is 27.9 Å². The van der Waals surface area contributed by atoms with Crippen molar-refractivity contribution in [1.82, 2.24) is 14.3 Å². The number of aryl methyl sites for hydroxylation is 1. The third kappa shape index (κ3) is 4.12. The van der Waals surface area contributed by atoms with Gasteiger partial charge in [-0.05, 0) is 30.7 Å². The van der Waals surface area contributed by atoms with Crippen molar-refractivity contribution in [2.24, 2.45) is 0 Å². The third-order valence-corrected chi connectivity index (χ3v) is 7.20. The van der Waals surface area contributed by atoms with Crippen LogP contribution in [0.3, 0.4) is 0 Å². The number of hydrogen-bond acceptors (Lipinski definition) is 5. The average molecular weight is 429 g/mol. The van der Waals surface area contributed by atoms with Gasteiger partial charge in [-0.1, -0.05) is 41.9 Å². The zero-order valence-corrected chi connectivity index (χ0v) is 17.6. The summed E-state index contributed by atoms with van der Waals surface area (Å²) in [7, 11) is -3.56. The normalized spacial score (nSPS) is 15.4. The van der Waals surface area contributed by atoms with Gasteiger partial charge in [0.05, 0.1) is 10.6 Å². The first-order chi connectivity index (χ1) is 13.9. The maximum atomic E-state index is 12.9. The first-order valence-electron chi connectivity index (χ1n) is 9.34. The van der Waals surface area contributed by atoms with Gasteiger partial charge >= 0.3 is 0 Å². The van der Waals surface area contributed by atoms with Gasteiger partial charge in [0.15, 0.2) is 0 Å². The summed E-state index contributed by atoms with van der Waals surface area (Å²) in [5.74, 6) is 0.804. The van der Waals surface area contributed by atoms with Crippen LogP contribution in [0.15, 0.2) is 65.8 Å². The van der Waals surface area contributed by atoms with E-state index in [0.29, 0.717) is 31.2 Å². The zero-order chi connectivity index (χ0) is 20.4. The molecule has 4 rings (SSSR count). The Hall–Kier alpha value is -2.48. The predicted molar refractivity (Wildman–Crippen MR) is 115 cm³/mol. The fourth-order valence-electron chi connectivity index (χ4n) is 3.46. The molecular formula is C21H21ClN4O2S. The molecule has 0 aliphatic carbocycles. The molecule has 0 spiro atoms. The lowest BCUT2D eigenvalue weighted by Crippen LogP contribution is -2.48. The summed E-state index contributed by atoms with van der Waals surface area (Å²) in [6.45, 7) is 3.95. The van der Waals surface area contributed by atoms with Crippen LogP contribution >= 0.6 is 11.6 Å². The number of hydrogen-bond donors (Lipinski definition) is 0. The summed E-state index contributed by atoms with van der Waals surface area (Å²) in [6.07, 6.45) is 1.56. The molecule has 0 bridgehead atoms. The van der Waals surface area contributed by atoms with E-state index in [-0.39, 0.29) is 4.90 Å². The van der Waals surface area contributed by atoms with Crippen molar-refractivity contribution in [2.75, 3.05) is 31.1 Å². The van der Waals surface area contributed by atoms with E-state index >= 15 is 0 Å². The molecular weight excluding hydrogens is 408 g/mol. The Morgan fingerprint density at radius 1 is 0.931 bits per heavy atom. The van der Waals surface area contributed by atoms with Crippen molar-refractivity contribution >= 4 is 27.4 Å². The Morgan fingerprint density at radius 3 is 2.41 bits per heavy atom. The van der Waals surface area contributed by atoms with Crippen LogP contribution in [-0.2, 0) is 10.0 Å². The van der Waals surface area contributed by atoms with Gasteiger partial charge in [0.25, 0.3) is 0 Å². The van der Waals surface area contributed by atoms with Crippen LogP contribution in [-0.4, -0.2) is 48.9 Å². The van der Waals surface area contributed by atoms with Crippen LogP contribution in [0.2, 0.25) is 5.02 Å². The Kier molecular flexibility index (Phi) is 5.54. The highest BCUT2D eigenvalue weighted by atomic mass is 35.5. The molecule has 8 heteroatoms. The molecule has 0 saturated carbocycles. The van der Waals surface area contributed by atoms with Gasteiger partial charge in [0.1, 0.15) is 12.1 Å². The lowest BCUT2D eigenvalue weighted by Gasteiger charge is -2.34. The standard InChI is InChI=1S/C21H21ClN4O2S/c1-16-5-2-3-8-19(16)20-14-21(24-15-23-20)25-9-11-26(12-10-25)29(27,28)18-7-4-6-17(22)13-18/h2-8,13-15H,9-12H2,1H3. The topological polar surface area (TPSA) is 66.4 Å². The maximum absolute atomic E-state index is 12.9. The maximum Gasteiger partial charge on any atom is 0.243 e. The molecule has 6 nitrogen and oxygen atoms in total. The molecule has 1 saturated heterocycles. The van der Waals surface area contributed by atoms with Crippen LogP contribution in [0.4, 0.5) is 5.82 Å². The van der Waals surface area contributed by atoms with Crippen molar-refractivity contribution in [3.8, 4) is 11.3 Å². The Labute approximate surface area is 175 Å². The average Bonchev–Trinajstić information content (AvgIpc) is 2.74. The van der Waals surface area contributed by atoms with Gasteiger partial charge in [-0.3, -0.25) is 0 Å². The molecule has 1 fully saturated rings. The number of anilines is 1. The van der Waals surface area contributed by atoms with Gasteiger partial charge in [0.2, 0.25) is 10.0 Å².